The van der Waals surface area contributed by atoms with Gasteiger partial charge in [0, 0.05) is 42.9 Å². The molecule has 2 saturated heterocycles. The van der Waals surface area contributed by atoms with Crippen molar-refractivity contribution in [2.45, 2.75) is 65.2 Å². The van der Waals surface area contributed by atoms with Crippen LogP contribution in [-0.4, -0.2) is 70.2 Å². The second kappa shape index (κ2) is 13.1. The number of amides is 2. The number of carbonyl (C=O) groups is 2. The van der Waals surface area contributed by atoms with Crippen molar-refractivity contribution < 1.29 is 27.8 Å². The number of alkyl halides is 2. The molecule has 2 amide bonds. The minimum Gasteiger partial charge on any atom is -0.395 e. The monoisotopic (exact) mass is 595 g/mol. The van der Waals surface area contributed by atoms with Crippen LogP contribution in [0, 0.1) is 6.92 Å². The van der Waals surface area contributed by atoms with E-state index < -0.39 is 6.29 Å². The number of nitrogens with one attached hydrogen (secondary N) is 1. The number of hydrogen-bond donors (Lipinski definition) is 1. The number of rotatable bonds is 6. The highest BCUT2D eigenvalue weighted by molar-refractivity contribution is 6.04. The van der Waals surface area contributed by atoms with Crippen LogP contribution in [0.3, 0.4) is 0 Å². The molecule has 3 aliphatic rings. The van der Waals surface area contributed by atoms with Gasteiger partial charge in [-0.05, 0) is 64.3 Å². The number of ether oxygens (including phenoxy) is 2. The molecule has 3 aliphatic heterocycles. The van der Waals surface area contributed by atoms with E-state index in [0.29, 0.717) is 41.7 Å². The summed E-state index contributed by atoms with van der Waals surface area (Å²) in [5.74, 6) is -0.305. The number of likely N-dealkylation sites (tertiary alicyclic amines) is 2. The van der Waals surface area contributed by atoms with Gasteiger partial charge in [0.2, 0.25) is 11.9 Å². The van der Waals surface area contributed by atoms with Gasteiger partial charge in [-0.3, -0.25) is 19.8 Å². The molecule has 1 unspecified atom stereocenters. The number of aryl methyl sites for hydroxylation is 1. The van der Waals surface area contributed by atoms with Gasteiger partial charge in [-0.15, -0.1) is 8.78 Å². The van der Waals surface area contributed by atoms with E-state index in [2.05, 4.69) is 15.2 Å². The first-order valence-electron chi connectivity index (χ1n) is 15.1. The maximum absolute atomic E-state index is 14.0. The average Bonchev–Trinajstić information content (AvgIpc) is 3.67. The van der Waals surface area contributed by atoms with E-state index in [1.165, 1.54) is 18.9 Å². The first-order chi connectivity index (χ1) is 20.8. The van der Waals surface area contributed by atoms with Crippen LogP contribution in [0.4, 0.5) is 14.7 Å². The largest absolute Gasteiger partial charge is 0.586 e. The minimum absolute atomic E-state index is 0.0593. The zero-order chi connectivity index (χ0) is 30.6. The maximum Gasteiger partial charge on any atom is 0.586 e. The number of imidazole rings is 1. The first kappa shape index (κ1) is 30.5. The van der Waals surface area contributed by atoms with Crippen LogP contribution in [0.25, 0.3) is 11.0 Å². The molecule has 230 valence electrons. The third-order valence-corrected chi connectivity index (χ3v) is 7.98. The lowest BCUT2D eigenvalue weighted by molar-refractivity contribution is -0.286. The van der Waals surface area contributed by atoms with Gasteiger partial charge in [0.05, 0.1) is 17.1 Å². The Labute approximate surface area is 250 Å². The predicted octanol–water partition coefficient (Wildman–Crippen LogP) is 6.15. The third kappa shape index (κ3) is 6.66. The van der Waals surface area contributed by atoms with Crippen molar-refractivity contribution in [2.24, 2.45) is 0 Å². The van der Waals surface area contributed by atoms with Gasteiger partial charge in [-0.1, -0.05) is 38.1 Å². The number of fused-ring (bicyclic) bond motifs is 2. The Morgan fingerprint density at radius 1 is 1.07 bits per heavy atom. The fourth-order valence-corrected chi connectivity index (χ4v) is 5.99. The fraction of sp³-hybridized carbons (Fsp3) is 0.469. The number of benzene rings is 2. The number of halogens is 2. The molecule has 6 rings (SSSR count). The predicted molar refractivity (Wildman–Crippen MR) is 161 cm³/mol. The van der Waals surface area contributed by atoms with Crippen LogP contribution in [0.5, 0.6) is 11.5 Å². The summed E-state index contributed by atoms with van der Waals surface area (Å²) < 4.78 is 39.4. The summed E-state index contributed by atoms with van der Waals surface area (Å²) in [5, 5.41) is 2.92. The van der Waals surface area contributed by atoms with Gasteiger partial charge < -0.3 is 18.9 Å². The van der Waals surface area contributed by atoms with Crippen LogP contribution < -0.4 is 14.8 Å². The summed E-state index contributed by atoms with van der Waals surface area (Å²) in [5.41, 5.74) is 1.82. The van der Waals surface area contributed by atoms with E-state index in [1.54, 1.807) is 37.3 Å². The summed E-state index contributed by atoms with van der Waals surface area (Å²) in [7, 11) is 0. The molecule has 3 aromatic rings. The summed E-state index contributed by atoms with van der Waals surface area (Å²) in [4.78, 5) is 35.2. The highest BCUT2D eigenvalue weighted by atomic mass is 19.3. The van der Waals surface area contributed by atoms with Crippen molar-refractivity contribution in [1.29, 1.82) is 0 Å². The summed E-state index contributed by atoms with van der Waals surface area (Å²) in [6, 6.07) is 9.92. The van der Waals surface area contributed by atoms with E-state index in [-0.39, 0.29) is 35.3 Å². The van der Waals surface area contributed by atoms with Crippen LogP contribution in [0.1, 0.15) is 67.9 Å². The van der Waals surface area contributed by atoms with Crippen molar-refractivity contribution in [1.82, 2.24) is 19.4 Å². The van der Waals surface area contributed by atoms with Crippen LogP contribution in [0.15, 0.2) is 48.6 Å². The maximum atomic E-state index is 14.0. The van der Waals surface area contributed by atoms with Gasteiger partial charge in [0.15, 0.2) is 11.5 Å². The second-order valence-corrected chi connectivity index (χ2v) is 10.8. The van der Waals surface area contributed by atoms with Crippen molar-refractivity contribution in [3.8, 4) is 11.5 Å². The molecule has 1 aromatic heterocycles. The molecule has 11 heteroatoms. The lowest BCUT2D eigenvalue weighted by Gasteiger charge is -2.26. The highest BCUT2D eigenvalue weighted by Crippen LogP contribution is 2.47. The molecule has 4 heterocycles. The third-order valence-electron chi connectivity index (χ3n) is 7.98. The van der Waals surface area contributed by atoms with E-state index in [0.717, 1.165) is 32.5 Å². The molecular weight excluding hydrogens is 556 g/mol. The zero-order valence-corrected chi connectivity index (χ0v) is 24.9. The molecule has 0 aliphatic carbocycles. The van der Waals surface area contributed by atoms with Gasteiger partial charge >= 0.3 is 6.29 Å². The molecular formula is C32H39F2N5O4. The van der Waals surface area contributed by atoms with Crippen molar-refractivity contribution in [2.75, 3.05) is 38.0 Å². The van der Waals surface area contributed by atoms with Crippen molar-refractivity contribution >= 4 is 28.8 Å². The van der Waals surface area contributed by atoms with Gasteiger partial charge in [0.1, 0.15) is 0 Å². The van der Waals surface area contributed by atoms with Crippen LogP contribution in [-0.2, 0) is 4.79 Å². The van der Waals surface area contributed by atoms with Crippen LogP contribution >= 0.6 is 0 Å². The van der Waals surface area contributed by atoms with Crippen molar-refractivity contribution in [3.63, 3.8) is 0 Å². The number of aromatic nitrogens is 2. The summed E-state index contributed by atoms with van der Waals surface area (Å²) in [6.07, 6.45) is 4.58. The molecule has 43 heavy (non-hydrogen) atoms. The smallest absolute Gasteiger partial charge is 0.395 e. The SMILES string of the molecule is CC.Cc1c2c(cc3nc(NC(=O)c4ccccc4)n(C4CCCCN(C(=O)/C=C/CN5CCCC5)C4)c13)OC(F)(F)O2. The Morgan fingerprint density at radius 2 is 1.79 bits per heavy atom. The van der Waals surface area contributed by atoms with Crippen LogP contribution in [0.2, 0.25) is 0 Å². The van der Waals surface area contributed by atoms with E-state index >= 15 is 0 Å². The molecule has 0 bridgehead atoms. The second-order valence-electron chi connectivity index (χ2n) is 10.8. The number of carbonyl (C=O) groups excluding carboxylic acids is 2. The van der Waals surface area contributed by atoms with Gasteiger partial charge in [0.25, 0.3) is 5.91 Å². The average molecular weight is 596 g/mol. The first-order valence-corrected chi connectivity index (χ1v) is 15.1. The molecule has 1 N–H and O–H groups in total. The molecule has 2 aromatic carbocycles. The summed E-state index contributed by atoms with van der Waals surface area (Å²) >= 11 is 0. The number of hydrogen-bond acceptors (Lipinski definition) is 6. The molecule has 1 atom stereocenters. The topological polar surface area (TPSA) is 88.9 Å². The Kier molecular flexibility index (Phi) is 9.29. The standard InChI is InChI=1S/C30H33F2N5O4.C2H6/c1-20-26-23(18-24-27(20)41-30(31,32)40-24)33-29(34-28(39)21-10-3-2-4-11-21)37(26)22-12-5-6-17-36(19-22)25(38)13-9-16-35-14-7-8-15-35;1-2/h2-4,9-11,13,18,22H,5-8,12,14-17,19H2,1H3,(H,33,34,39);1-2H3/b13-9+;. The Morgan fingerprint density at radius 3 is 2.53 bits per heavy atom. The molecule has 9 nitrogen and oxygen atoms in total. The zero-order valence-electron chi connectivity index (χ0n) is 24.9. The lowest BCUT2D eigenvalue weighted by Crippen LogP contribution is -2.35. The fourth-order valence-electron chi connectivity index (χ4n) is 5.99. The lowest BCUT2D eigenvalue weighted by atomic mass is 10.1. The quantitative estimate of drug-likeness (QED) is 0.344. The number of anilines is 1. The summed E-state index contributed by atoms with van der Waals surface area (Å²) in [6.45, 7) is 9.53. The normalized spacial score (nSPS) is 19.7. The minimum atomic E-state index is -3.77. The highest BCUT2D eigenvalue weighted by Gasteiger charge is 2.45. The number of nitrogens with zero attached hydrogens (tertiary/aromatic N) is 4. The molecule has 0 spiro atoms. The Hall–Kier alpha value is -3.99. The Balaban J connectivity index is 0.00000180. The molecule has 2 fully saturated rings. The van der Waals surface area contributed by atoms with Gasteiger partial charge in [-0.2, -0.15) is 0 Å². The molecule has 0 saturated carbocycles. The van der Waals surface area contributed by atoms with E-state index in [9.17, 15) is 18.4 Å². The van der Waals surface area contributed by atoms with E-state index in [1.807, 2.05) is 35.5 Å². The van der Waals surface area contributed by atoms with Gasteiger partial charge in [-0.25, -0.2) is 4.98 Å². The Bertz CT molecular complexity index is 1480. The molecule has 0 radical (unpaired) electrons. The van der Waals surface area contributed by atoms with Crippen molar-refractivity contribution in [3.05, 3.63) is 59.7 Å². The van der Waals surface area contributed by atoms with E-state index in [4.69, 9.17) is 9.47 Å².